The topological polar surface area (TPSA) is 19.4 Å². The van der Waals surface area contributed by atoms with Gasteiger partial charge in [0, 0.05) is 31.4 Å². The molecule has 0 saturated heterocycles. The molecule has 0 atom stereocenters. The highest BCUT2D eigenvalue weighted by Gasteiger charge is 2.13. The average molecular weight is 319 g/mol. The Labute approximate surface area is 136 Å². The van der Waals surface area contributed by atoms with Gasteiger partial charge < -0.3 is 4.90 Å². The summed E-state index contributed by atoms with van der Waals surface area (Å²) in [5, 5.41) is 0. The highest BCUT2D eigenvalue weighted by molar-refractivity contribution is 5.19. The van der Waals surface area contributed by atoms with Crippen LogP contribution in [0.4, 0.5) is 8.78 Å². The van der Waals surface area contributed by atoms with Crippen molar-refractivity contribution in [1.29, 1.82) is 0 Å². The second kappa shape index (κ2) is 8.70. The average Bonchev–Trinajstić information content (AvgIpc) is 2.52. The van der Waals surface area contributed by atoms with Crippen molar-refractivity contribution in [3.63, 3.8) is 0 Å². The molecule has 0 bridgehead atoms. The third kappa shape index (κ3) is 5.69. The molecule has 0 N–H and O–H groups in total. The molecule has 0 aliphatic carbocycles. The Morgan fingerprint density at radius 2 is 1.78 bits per heavy atom. The van der Waals surface area contributed by atoms with E-state index in [-0.39, 0.29) is 0 Å². The van der Waals surface area contributed by atoms with E-state index < -0.39 is 11.6 Å². The minimum atomic E-state index is -0.798. The van der Waals surface area contributed by atoms with Crippen LogP contribution in [0.3, 0.4) is 0 Å². The smallest absolute Gasteiger partial charge is 0.163 e. The molecule has 23 heavy (non-hydrogen) atoms. The van der Waals surface area contributed by atoms with E-state index in [0.29, 0.717) is 18.7 Å². The van der Waals surface area contributed by atoms with E-state index >= 15 is 0 Å². The number of nitrogens with zero attached hydrogens (tertiary/aromatic N) is 3. The molecule has 1 heterocycles. The molecule has 0 unspecified atom stereocenters. The Bertz CT molecular complexity index is 602. The van der Waals surface area contributed by atoms with Crippen molar-refractivity contribution in [2.24, 2.45) is 0 Å². The zero-order valence-corrected chi connectivity index (χ0v) is 13.7. The molecule has 1 aromatic carbocycles. The summed E-state index contributed by atoms with van der Waals surface area (Å²) in [6.45, 7) is 2.73. The van der Waals surface area contributed by atoms with E-state index in [9.17, 15) is 8.78 Å². The molecule has 0 amide bonds. The first-order chi connectivity index (χ1) is 11.1. The van der Waals surface area contributed by atoms with Gasteiger partial charge in [0.15, 0.2) is 11.6 Å². The number of hydrogen-bond donors (Lipinski definition) is 0. The van der Waals surface area contributed by atoms with E-state index in [2.05, 4.69) is 14.8 Å². The van der Waals surface area contributed by atoms with Crippen molar-refractivity contribution in [2.75, 3.05) is 27.2 Å². The maximum Gasteiger partial charge on any atom is 0.163 e. The fourth-order valence-electron chi connectivity index (χ4n) is 2.46. The molecule has 0 fully saturated rings. The Hall–Kier alpha value is -1.85. The molecule has 124 valence electrons. The quantitative estimate of drug-likeness (QED) is 0.744. The lowest BCUT2D eigenvalue weighted by Crippen LogP contribution is -2.27. The molecular weight excluding hydrogens is 296 g/mol. The van der Waals surface area contributed by atoms with Crippen LogP contribution in [0.15, 0.2) is 42.6 Å². The van der Waals surface area contributed by atoms with Crippen LogP contribution in [-0.2, 0) is 13.1 Å². The second-order valence-electron chi connectivity index (χ2n) is 5.90. The van der Waals surface area contributed by atoms with Crippen LogP contribution in [-0.4, -0.2) is 42.0 Å². The molecule has 2 aromatic rings. The van der Waals surface area contributed by atoms with Crippen LogP contribution in [0.1, 0.15) is 17.7 Å². The molecule has 0 aliphatic rings. The summed E-state index contributed by atoms with van der Waals surface area (Å²) < 4.78 is 27.3. The van der Waals surface area contributed by atoms with E-state index in [0.717, 1.165) is 31.3 Å². The summed E-state index contributed by atoms with van der Waals surface area (Å²) in [6.07, 6.45) is 2.70. The predicted octanol–water partition coefficient (Wildman–Crippen LogP) is 3.31. The summed E-state index contributed by atoms with van der Waals surface area (Å²) in [4.78, 5) is 8.54. The summed E-state index contributed by atoms with van der Waals surface area (Å²) >= 11 is 0. The highest BCUT2D eigenvalue weighted by Crippen LogP contribution is 2.15. The van der Waals surface area contributed by atoms with Crippen LogP contribution in [0.5, 0.6) is 0 Å². The minimum absolute atomic E-state index is 0.369. The first kappa shape index (κ1) is 17.5. The van der Waals surface area contributed by atoms with Gasteiger partial charge in [0.05, 0.1) is 5.69 Å². The lowest BCUT2D eigenvalue weighted by Gasteiger charge is -2.23. The number of hydrogen-bond acceptors (Lipinski definition) is 3. The van der Waals surface area contributed by atoms with Gasteiger partial charge in [0.25, 0.3) is 0 Å². The number of aromatic nitrogens is 1. The van der Waals surface area contributed by atoms with E-state index in [1.165, 1.54) is 0 Å². The van der Waals surface area contributed by atoms with Gasteiger partial charge in [-0.3, -0.25) is 9.88 Å². The fraction of sp³-hybridized carbons (Fsp3) is 0.389. The van der Waals surface area contributed by atoms with Crippen molar-refractivity contribution in [3.8, 4) is 0 Å². The molecular formula is C18H23F2N3. The molecule has 0 spiro atoms. The first-order valence-electron chi connectivity index (χ1n) is 7.76. The Balaban J connectivity index is 2.07. The predicted molar refractivity (Wildman–Crippen MR) is 87.9 cm³/mol. The SMILES string of the molecule is CN(C)CCCN(Cc1ccccn1)Cc1cccc(F)c1F. The molecule has 0 saturated carbocycles. The molecule has 3 nitrogen and oxygen atoms in total. The molecule has 0 radical (unpaired) electrons. The number of benzene rings is 1. The van der Waals surface area contributed by atoms with Gasteiger partial charge in [0.1, 0.15) is 0 Å². The Kier molecular flexibility index (Phi) is 6.62. The monoisotopic (exact) mass is 319 g/mol. The molecule has 0 aliphatic heterocycles. The van der Waals surface area contributed by atoms with Gasteiger partial charge in [-0.1, -0.05) is 18.2 Å². The fourth-order valence-corrected chi connectivity index (χ4v) is 2.46. The van der Waals surface area contributed by atoms with Crippen molar-refractivity contribution < 1.29 is 8.78 Å². The third-order valence-electron chi connectivity index (χ3n) is 3.62. The maximum atomic E-state index is 13.9. The molecule has 2 rings (SSSR count). The van der Waals surface area contributed by atoms with Gasteiger partial charge in [-0.15, -0.1) is 0 Å². The van der Waals surface area contributed by atoms with Crippen LogP contribution >= 0.6 is 0 Å². The summed E-state index contributed by atoms with van der Waals surface area (Å²) in [7, 11) is 4.05. The summed E-state index contributed by atoms with van der Waals surface area (Å²) in [5.41, 5.74) is 1.31. The maximum absolute atomic E-state index is 13.9. The number of pyridine rings is 1. The van der Waals surface area contributed by atoms with Crippen molar-refractivity contribution >= 4 is 0 Å². The zero-order chi connectivity index (χ0) is 16.7. The van der Waals surface area contributed by atoms with E-state index in [4.69, 9.17) is 0 Å². The third-order valence-corrected chi connectivity index (χ3v) is 3.62. The normalized spacial score (nSPS) is 11.4. The lowest BCUT2D eigenvalue weighted by atomic mass is 10.1. The van der Waals surface area contributed by atoms with E-state index in [1.807, 2.05) is 32.3 Å². The Morgan fingerprint density at radius 1 is 0.957 bits per heavy atom. The van der Waals surface area contributed by atoms with Gasteiger partial charge in [-0.25, -0.2) is 8.78 Å². The largest absolute Gasteiger partial charge is 0.309 e. The summed E-state index contributed by atoms with van der Waals surface area (Å²) in [6, 6.07) is 10.1. The van der Waals surface area contributed by atoms with Crippen LogP contribution < -0.4 is 0 Å². The standard InChI is InChI=1S/C18H23F2N3/c1-22(2)11-6-12-23(14-16-8-3-4-10-21-16)13-15-7-5-9-17(19)18(15)20/h3-5,7-10H,6,11-14H2,1-2H3. The van der Waals surface area contributed by atoms with Gasteiger partial charge >= 0.3 is 0 Å². The number of halogens is 2. The Morgan fingerprint density at radius 3 is 2.48 bits per heavy atom. The molecule has 1 aromatic heterocycles. The number of rotatable bonds is 8. The first-order valence-corrected chi connectivity index (χ1v) is 7.76. The zero-order valence-electron chi connectivity index (χ0n) is 13.7. The van der Waals surface area contributed by atoms with Gasteiger partial charge in [0.2, 0.25) is 0 Å². The molecule has 5 heteroatoms. The van der Waals surface area contributed by atoms with Crippen LogP contribution in [0, 0.1) is 11.6 Å². The van der Waals surface area contributed by atoms with Crippen molar-refractivity contribution in [1.82, 2.24) is 14.8 Å². The lowest BCUT2D eigenvalue weighted by molar-refractivity contribution is 0.233. The minimum Gasteiger partial charge on any atom is -0.309 e. The highest BCUT2D eigenvalue weighted by atomic mass is 19.2. The van der Waals surface area contributed by atoms with Crippen molar-refractivity contribution in [2.45, 2.75) is 19.5 Å². The van der Waals surface area contributed by atoms with Crippen LogP contribution in [0.2, 0.25) is 0 Å². The summed E-state index contributed by atoms with van der Waals surface area (Å²) in [5.74, 6) is -1.56. The van der Waals surface area contributed by atoms with Crippen LogP contribution in [0.25, 0.3) is 0 Å². The van der Waals surface area contributed by atoms with Crippen molar-refractivity contribution in [3.05, 3.63) is 65.5 Å². The van der Waals surface area contributed by atoms with Gasteiger partial charge in [-0.05, 0) is 45.3 Å². The van der Waals surface area contributed by atoms with E-state index in [1.54, 1.807) is 18.3 Å². The second-order valence-corrected chi connectivity index (χ2v) is 5.90. The van der Waals surface area contributed by atoms with Gasteiger partial charge in [-0.2, -0.15) is 0 Å².